The average Bonchev–Trinajstić information content (AvgIpc) is 2.76. The number of halogens is 4. The van der Waals surface area contributed by atoms with E-state index in [1.165, 1.54) is 6.07 Å². The average molecular weight is 348 g/mol. The zero-order chi connectivity index (χ0) is 14.8. The molecule has 1 aromatic carbocycles. The van der Waals surface area contributed by atoms with E-state index in [-0.39, 0.29) is 5.69 Å². The molecular formula is C13H13BrF3N3. The van der Waals surface area contributed by atoms with Crippen LogP contribution in [0.25, 0.3) is 0 Å². The van der Waals surface area contributed by atoms with Gasteiger partial charge in [0.1, 0.15) is 0 Å². The first-order valence-corrected chi connectivity index (χ1v) is 6.75. The number of nitrogens with zero attached hydrogens (tertiary/aromatic N) is 2. The molecule has 3 nitrogen and oxygen atoms in total. The maximum atomic E-state index is 12.9. The van der Waals surface area contributed by atoms with Gasteiger partial charge in [0.25, 0.3) is 0 Å². The van der Waals surface area contributed by atoms with Crippen LogP contribution in [0.15, 0.2) is 35.1 Å². The zero-order valence-electron chi connectivity index (χ0n) is 10.7. The van der Waals surface area contributed by atoms with Crippen LogP contribution < -0.4 is 5.32 Å². The Morgan fingerprint density at radius 2 is 2.10 bits per heavy atom. The number of hydrogen-bond acceptors (Lipinski definition) is 2. The maximum Gasteiger partial charge on any atom is 0.418 e. The fourth-order valence-corrected chi connectivity index (χ4v) is 2.16. The molecule has 108 valence electrons. The standard InChI is InChI=1S/C13H13BrF3N3/c1-9-7-19-20(8-9)5-4-18-12-3-2-10(14)6-11(12)13(15,16)17/h2-3,6-8,18H,4-5H2,1H3. The van der Waals surface area contributed by atoms with Crippen LogP contribution in [0, 0.1) is 6.92 Å². The molecule has 0 aliphatic rings. The Kier molecular flexibility index (Phi) is 4.37. The number of anilines is 1. The lowest BCUT2D eigenvalue weighted by Crippen LogP contribution is -2.15. The molecule has 1 aromatic heterocycles. The van der Waals surface area contributed by atoms with Crippen molar-refractivity contribution in [2.24, 2.45) is 0 Å². The van der Waals surface area contributed by atoms with Crippen LogP contribution in [0.5, 0.6) is 0 Å². The lowest BCUT2D eigenvalue weighted by molar-refractivity contribution is -0.137. The van der Waals surface area contributed by atoms with E-state index in [9.17, 15) is 13.2 Å². The third-order valence-corrected chi connectivity index (χ3v) is 3.20. The quantitative estimate of drug-likeness (QED) is 0.902. The number of alkyl halides is 3. The van der Waals surface area contributed by atoms with Crippen molar-refractivity contribution in [1.29, 1.82) is 0 Å². The summed E-state index contributed by atoms with van der Waals surface area (Å²) in [6.07, 6.45) is -0.830. The van der Waals surface area contributed by atoms with Crippen molar-refractivity contribution in [3.05, 3.63) is 46.2 Å². The van der Waals surface area contributed by atoms with E-state index < -0.39 is 11.7 Å². The molecule has 1 N–H and O–H groups in total. The van der Waals surface area contributed by atoms with Gasteiger partial charge in [-0.05, 0) is 30.7 Å². The predicted molar refractivity (Wildman–Crippen MR) is 74.6 cm³/mol. The Labute approximate surface area is 122 Å². The molecule has 0 atom stereocenters. The van der Waals surface area contributed by atoms with Crippen LogP contribution in [-0.2, 0) is 12.7 Å². The largest absolute Gasteiger partial charge is 0.418 e. The van der Waals surface area contributed by atoms with Crippen molar-refractivity contribution < 1.29 is 13.2 Å². The third kappa shape index (κ3) is 3.75. The summed E-state index contributed by atoms with van der Waals surface area (Å²) >= 11 is 3.05. The molecular weight excluding hydrogens is 335 g/mol. The van der Waals surface area contributed by atoms with Gasteiger partial charge in [-0.25, -0.2) is 0 Å². The second-order valence-corrected chi connectivity index (χ2v) is 5.31. The van der Waals surface area contributed by atoms with Crippen LogP contribution in [0.2, 0.25) is 0 Å². The molecule has 0 bridgehead atoms. The van der Waals surface area contributed by atoms with E-state index in [1.807, 2.05) is 13.1 Å². The number of aryl methyl sites for hydroxylation is 1. The summed E-state index contributed by atoms with van der Waals surface area (Å²) in [5.41, 5.74) is 0.415. The van der Waals surface area contributed by atoms with Crippen molar-refractivity contribution in [3.63, 3.8) is 0 Å². The van der Waals surface area contributed by atoms with Crippen LogP contribution in [0.1, 0.15) is 11.1 Å². The summed E-state index contributed by atoms with van der Waals surface area (Å²) in [6.45, 7) is 2.78. The molecule has 0 aliphatic carbocycles. The van der Waals surface area contributed by atoms with Gasteiger partial charge in [-0.1, -0.05) is 15.9 Å². The van der Waals surface area contributed by atoms with E-state index in [0.29, 0.717) is 17.6 Å². The molecule has 7 heteroatoms. The summed E-state index contributed by atoms with van der Waals surface area (Å²) in [6, 6.07) is 4.07. The van der Waals surface area contributed by atoms with Gasteiger partial charge in [-0.15, -0.1) is 0 Å². The highest BCUT2D eigenvalue weighted by atomic mass is 79.9. The van der Waals surface area contributed by atoms with Gasteiger partial charge < -0.3 is 5.32 Å². The molecule has 1 heterocycles. The summed E-state index contributed by atoms with van der Waals surface area (Å²) in [5.74, 6) is 0. The van der Waals surface area contributed by atoms with Crippen molar-refractivity contribution in [1.82, 2.24) is 9.78 Å². The van der Waals surface area contributed by atoms with Crippen molar-refractivity contribution in [3.8, 4) is 0 Å². The molecule has 0 amide bonds. The fraction of sp³-hybridized carbons (Fsp3) is 0.308. The zero-order valence-corrected chi connectivity index (χ0v) is 12.3. The van der Waals surface area contributed by atoms with Gasteiger partial charge in [0, 0.05) is 22.9 Å². The number of nitrogens with one attached hydrogen (secondary N) is 1. The summed E-state index contributed by atoms with van der Waals surface area (Å²) < 4.78 is 40.8. The minimum Gasteiger partial charge on any atom is -0.383 e. The van der Waals surface area contributed by atoms with Gasteiger partial charge in [0.15, 0.2) is 0 Å². The van der Waals surface area contributed by atoms with E-state index in [2.05, 4.69) is 26.3 Å². The van der Waals surface area contributed by atoms with Gasteiger partial charge in [0.05, 0.1) is 18.3 Å². The summed E-state index contributed by atoms with van der Waals surface area (Å²) in [4.78, 5) is 0. The van der Waals surface area contributed by atoms with Gasteiger partial charge in [-0.3, -0.25) is 4.68 Å². The molecule has 0 spiro atoms. The topological polar surface area (TPSA) is 29.9 Å². The number of rotatable bonds is 4. The van der Waals surface area contributed by atoms with Crippen molar-refractivity contribution in [2.45, 2.75) is 19.6 Å². The summed E-state index contributed by atoms with van der Waals surface area (Å²) in [7, 11) is 0. The Bertz CT molecular complexity index is 593. The van der Waals surface area contributed by atoms with E-state index >= 15 is 0 Å². The van der Waals surface area contributed by atoms with E-state index in [1.54, 1.807) is 16.9 Å². The van der Waals surface area contributed by atoms with Crippen LogP contribution in [-0.4, -0.2) is 16.3 Å². The van der Waals surface area contributed by atoms with Gasteiger partial charge >= 0.3 is 6.18 Å². The monoisotopic (exact) mass is 347 g/mol. The Hall–Kier alpha value is -1.50. The highest BCUT2D eigenvalue weighted by molar-refractivity contribution is 9.10. The molecule has 0 aliphatic heterocycles. The number of benzene rings is 1. The highest BCUT2D eigenvalue weighted by Gasteiger charge is 2.33. The molecule has 0 radical (unpaired) electrons. The number of hydrogen-bond donors (Lipinski definition) is 1. The highest BCUT2D eigenvalue weighted by Crippen LogP contribution is 2.36. The van der Waals surface area contributed by atoms with E-state index in [4.69, 9.17) is 0 Å². The van der Waals surface area contributed by atoms with Crippen LogP contribution in [0.4, 0.5) is 18.9 Å². The summed E-state index contributed by atoms with van der Waals surface area (Å²) in [5, 5.41) is 6.88. The maximum absolute atomic E-state index is 12.9. The van der Waals surface area contributed by atoms with Gasteiger partial charge in [-0.2, -0.15) is 18.3 Å². The molecule has 20 heavy (non-hydrogen) atoms. The molecule has 2 rings (SSSR count). The smallest absolute Gasteiger partial charge is 0.383 e. The first-order valence-electron chi connectivity index (χ1n) is 5.96. The first kappa shape index (κ1) is 14.9. The molecule has 0 fully saturated rings. The SMILES string of the molecule is Cc1cnn(CCNc2ccc(Br)cc2C(F)(F)F)c1. The van der Waals surface area contributed by atoms with Crippen LogP contribution in [0.3, 0.4) is 0 Å². The van der Waals surface area contributed by atoms with Gasteiger partial charge in [0.2, 0.25) is 0 Å². The van der Waals surface area contributed by atoms with Crippen molar-refractivity contribution in [2.75, 3.05) is 11.9 Å². The van der Waals surface area contributed by atoms with E-state index in [0.717, 1.165) is 11.6 Å². The minimum atomic E-state index is -4.38. The molecule has 0 saturated carbocycles. The normalized spacial score (nSPS) is 11.7. The molecule has 0 saturated heterocycles. The minimum absolute atomic E-state index is 0.0737. The molecule has 0 unspecified atom stereocenters. The third-order valence-electron chi connectivity index (χ3n) is 2.71. The Morgan fingerprint density at radius 3 is 2.70 bits per heavy atom. The first-order chi connectivity index (χ1) is 9.36. The fourth-order valence-electron chi connectivity index (χ4n) is 1.80. The second-order valence-electron chi connectivity index (χ2n) is 4.40. The lowest BCUT2D eigenvalue weighted by Gasteiger charge is -2.15. The predicted octanol–water partition coefficient (Wildman–Crippen LogP) is 4.08. The number of aromatic nitrogens is 2. The van der Waals surface area contributed by atoms with Crippen molar-refractivity contribution >= 4 is 21.6 Å². The Balaban J connectivity index is 2.06. The lowest BCUT2D eigenvalue weighted by atomic mass is 10.1. The molecule has 2 aromatic rings. The Morgan fingerprint density at radius 1 is 1.35 bits per heavy atom. The second kappa shape index (κ2) is 5.87. The van der Waals surface area contributed by atoms with Crippen LogP contribution >= 0.6 is 15.9 Å².